The summed E-state index contributed by atoms with van der Waals surface area (Å²) >= 11 is 0. The highest BCUT2D eigenvalue weighted by atomic mass is 16.5. The van der Waals surface area contributed by atoms with Crippen LogP contribution in [0.4, 0.5) is 0 Å². The molecule has 2 aliphatic rings. The Balaban J connectivity index is 1.63. The highest BCUT2D eigenvalue weighted by Crippen LogP contribution is 2.39. The molecule has 2 amide bonds. The normalized spacial score (nSPS) is 24.2. The maximum absolute atomic E-state index is 12.7. The molecular weight excluding hydrogens is 318 g/mol. The number of aromatic nitrogens is 1. The minimum atomic E-state index is 0.0763. The van der Waals surface area contributed by atoms with E-state index in [1.807, 2.05) is 22.8 Å². The number of carbonyl (C=O) groups is 2. The van der Waals surface area contributed by atoms with Gasteiger partial charge in [0.15, 0.2) is 0 Å². The lowest BCUT2D eigenvalue weighted by Crippen LogP contribution is -2.55. The fourth-order valence-corrected chi connectivity index (χ4v) is 4.17. The van der Waals surface area contributed by atoms with Gasteiger partial charge in [-0.3, -0.25) is 9.59 Å². The molecule has 6 heteroatoms. The third-order valence-corrected chi connectivity index (χ3v) is 5.55. The van der Waals surface area contributed by atoms with Crippen LogP contribution in [0.1, 0.15) is 56.9 Å². The second-order valence-electron chi connectivity index (χ2n) is 7.70. The van der Waals surface area contributed by atoms with Gasteiger partial charge in [-0.15, -0.1) is 0 Å². The van der Waals surface area contributed by atoms with E-state index < -0.39 is 0 Å². The van der Waals surface area contributed by atoms with Gasteiger partial charge in [0.05, 0.1) is 12.1 Å². The van der Waals surface area contributed by atoms with Gasteiger partial charge in [0.1, 0.15) is 5.76 Å². The molecule has 0 radical (unpaired) electrons. The van der Waals surface area contributed by atoms with Gasteiger partial charge in [-0.2, -0.15) is 0 Å². The summed E-state index contributed by atoms with van der Waals surface area (Å²) in [5, 5.41) is 3.86. The van der Waals surface area contributed by atoms with Gasteiger partial charge in [0.25, 0.3) is 0 Å². The summed E-state index contributed by atoms with van der Waals surface area (Å²) in [7, 11) is 0. The van der Waals surface area contributed by atoms with E-state index in [-0.39, 0.29) is 23.7 Å². The summed E-state index contributed by atoms with van der Waals surface area (Å²) in [4.78, 5) is 28.9. The van der Waals surface area contributed by atoms with Crippen LogP contribution in [0, 0.1) is 12.3 Å². The topological polar surface area (TPSA) is 66.7 Å². The first kappa shape index (κ1) is 18.0. The predicted molar refractivity (Wildman–Crippen MR) is 93.9 cm³/mol. The Kier molecular flexibility index (Phi) is 5.45. The first-order valence-corrected chi connectivity index (χ1v) is 9.49. The van der Waals surface area contributed by atoms with Gasteiger partial charge in [0, 0.05) is 44.1 Å². The molecule has 6 nitrogen and oxygen atoms in total. The molecule has 2 saturated heterocycles. The Morgan fingerprint density at radius 2 is 2.20 bits per heavy atom. The quantitative estimate of drug-likeness (QED) is 0.821. The predicted octanol–water partition coefficient (Wildman–Crippen LogP) is 2.56. The van der Waals surface area contributed by atoms with E-state index in [1.54, 1.807) is 0 Å². The zero-order valence-electron chi connectivity index (χ0n) is 15.4. The maximum atomic E-state index is 12.7. The molecule has 0 saturated carbocycles. The highest BCUT2D eigenvalue weighted by molar-refractivity contribution is 5.79. The van der Waals surface area contributed by atoms with Crippen molar-refractivity contribution < 1.29 is 14.1 Å². The summed E-state index contributed by atoms with van der Waals surface area (Å²) < 4.78 is 5.19. The molecule has 1 aromatic rings. The number of hydrogen-bond donors (Lipinski definition) is 0. The molecule has 1 aromatic heterocycles. The number of carbonyl (C=O) groups excluding carboxylic acids is 2. The lowest BCUT2D eigenvalue weighted by Gasteiger charge is -2.48. The van der Waals surface area contributed by atoms with Crippen molar-refractivity contribution in [3.05, 3.63) is 17.5 Å². The standard InChI is InChI=1S/C19H29N3O3/c1-3-4-9-21-13-19(8-6-17(21)23)7-5-10-22(14-19)18(24)12-16-11-15(2)20-25-16/h11H,3-10,12-14H2,1-2H3. The fraction of sp³-hybridized carbons (Fsp3) is 0.737. The fourth-order valence-electron chi connectivity index (χ4n) is 4.17. The van der Waals surface area contributed by atoms with Crippen molar-refractivity contribution in [2.45, 2.75) is 58.8 Å². The number of aryl methyl sites for hydroxylation is 1. The van der Waals surface area contributed by atoms with Crippen molar-refractivity contribution in [1.82, 2.24) is 15.0 Å². The summed E-state index contributed by atoms with van der Waals surface area (Å²) in [6.07, 6.45) is 6.06. The Morgan fingerprint density at radius 3 is 2.92 bits per heavy atom. The molecule has 1 atom stereocenters. The second kappa shape index (κ2) is 7.58. The second-order valence-corrected chi connectivity index (χ2v) is 7.70. The Morgan fingerprint density at radius 1 is 1.36 bits per heavy atom. The third-order valence-electron chi connectivity index (χ3n) is 5.55. The molecule has 0 aliphatic carbocycles. The van der Waals surface area contributed by atoms with Gasteiger partial charge in [-0.25, -0.2) is 0 Å². The van der Waals surface area contributed by atoms with E-state index in [0.29, 0.717) is 12.2 Å². The van der Waals surface area contributed by atoms with Crippen LogP contribution in [0.3, 0.4) is 0 Å². The molecule has 1 spiro atoms. The van der Waals surface area contributed by atoms with E-state index in [1.165, 1.54) is 0 Å². The molecular formula is C19H29N3O3. The molecule has 138 valence electrons. The largest absolute Gasteiger partial charge is 0.361 e. The molecule has 25 heavy (non-hydrogen) atoms. The van der Waals surface area contributed by atoms with Crippen molar-refractivity contribution in [2.24, 2.45) is 5.41 Å². The minimum absolute atomic E-state index is 0.0763. The maximum Gasteiger partial charge on any atom is 0.230 e. The van der Waals surface area contributed by atoms with Gasteiger partial charge < -0.3 is 14.3 Å². The van der Waals surface area contributed by atoms with Crippen LogP contribution in [-0.2, 0) is 16.0 Å². The minimum Gasteiger partial charge on any atom is -0.361 e. The van der Waals surface area contributed by atoms with E-state index in [0.717, 1.165) is 64.0 Å². The SMILES string of the molecule is CCCCN1CC2(CCCN(C(=O)Cc3cc(C)no3)C2)CCC1=O. The Labute approximate surface area is 149 Å². The molecule has 2 aliphatic heterocycles. The number of nitrogens with zero attached hydrogens (tertiary/aromatic N) is 3. The van der Waals surface area contributed by atoms with Crippen molar-refractivity contribution in [2.75, 3.05) is 26.2 Å². The van der Waals surface area contributed by atoms with E-state index in [2.05, 4.69) is 12.1 Å². The first-order chi connectivity index (χ1) is 12.0. The third kappa shape index (κ3) is 4.22. The lowest BCUT2D eigenvalue weighted by molar-refractivity contribution is -0.142. The van der Waals surface area contributed by atoms with E-state index in [4.69, 9.17) is 4.52 Å². The summed E-state index contributed by atoms with van der Waals surface area (Å²) in [6, 6.07) is 1.82. The van der Waals surface area contributed by atoms with Crippen LogP contribution in [0.25, 0.3) is 0 Å². The van der Waals surface area contributed by atoms with Crippen LogP contribution in [0.5, 0.6) is 0 Å². The zero-order valence-corrected chi connectivity index (χ0v) is 15.4. The molecule has 0 bridgehead atoms. The average molecular weight is 347 g/mol. The van der Waals surface area contributed by atoms with Gasteiger partial charge in [-0.05, 0) is 32.6 Å². The zero-order chi connectivity index (χ0) is 17.9. The molecule has 2 fully saturated rings. The number of hydrogen-bond acceptors (Lipinski definition) is 4. The number of unbranched alkanes of at least 4 members (excludes halogenated alkanes) is 1. The van der Waals surface area contributed by atoms with Crippen LogP contribution >= 0.6 is 0 Å². The van der Waals surface area contributed by atoms with Gasteiger partial charge in [-0.1, -0.05) is 18.5 Å². The smallest absolute Gasteiger partial charge is 0.230 e. The van der Waals surface area contributed by atoms with Crippen LogP contribution < -0.4 is 0 Å². The van der Waals surface area contributed by atoms with Crippen molar-refractivity contribution in [3.8, 4) is 0 Å². The summed E-state index contributed by atoms with van der Waals surface area (Å²) in [5.74, 6) is 1.01. The Bertz CT molecular complexity index is 627. The van der Waals surface area contributed by atoms with E-state index >= 15 is 0 Å². The molecule has 0 N–H and O–H groups in total. The van der Waals surface area contributed by atoms with Crippen LogP contribution in [0.15, 0.2) is 10.6 Å². The van der Waals surface area contributed by atoms with Crippen LogP contribution in [-0.4, -0.2) is 52.9 Å². The van der Waals surface area contributed by atoms with Gasteiger partial charge >= 0.3 is 0 Å². The number of amides is 2. The first-order valence-electron chi connectivity index (χ1n) is 9.49. The highest BCUT2D eigenvalue weighted by Gasteiger charge is 2.42. The van der Waals surface area contributed by atoms with Crippen molar-refractivity contribution in [1.29, 1.82) is 0 Å². The number of piperidine rings is 2. The average Bonchev–Trinajstić information content (AvgIpc) is 3.01. The van der Waals surface area contributed by atoms with Crippen molar-refractivity contribution >= 4 is 11.8 Å². The molecule has 0 aromatic carbocycles. The lowest BCUT2D eigenvalue weighted by atomic mass is 9.73. The monoisotopic (exact) mass is 347 g/mol. The summed E-state index contributed by atoms with van der Waals surface area (Å²) in [5.41, 5.74) is 0.877. The Hall–Kier alpha value is -1.85. The van der Waals surface area contributed by atoms with E-state index in [9.17, 15) is 9.59 Å². The van der Waals surface area contributed by atoms with Crippen LogP contribution in [0.2, 0.25) is 0 Å². The number of rotatable bonds is 5. The molecule has 3 rings (SSSR count). The van der Waals surface area contributed by atoms with Crippen molar-refractivity contribution in [3.63, 3.8) is 0 Å². The molecule has 3 heterocycles. The molecule has 1 unspecified atom stereocenters. The van der Waals surface area contributed by atoms with Gasteiger partial charge in [0.2, 0.25) is 11.8 Å². The summed E-state index contributed by atoms with van der Waals surface area (Å²) in [6.45, 7) is 7.22. The number of likely N-dealkylation sites (tertiary alicyclic amines) is 2.